The van der Waals surface area contributed by atoms with Crippen molar-refractivity contribution in [3.8, 4) is 17.7 Å². The lowest BCUT2D eigenvalue weighted by Crippen LogP contribution is -2.33. The van der Waals surface area contributed by atoms with Gasteiger partial charge >= 0.3 is 0 Å². The number of hydrogen-bond acceptors (Lipinski definition) is 7. The summed E-state index contributed by atoms with van der Waals surface area (Å²) in [5.74, 6) is -0.167. The summed E-state index contributed by atoms with van der Waals surface area (Å²) in [6, 6.07) is 4.35. The third kappa shape index (κ3) is 2.55. The molecule has 30 heavy (non-hydrogen) atoms. The third-order valence-electron chi connectivity index (χ3n) is 5.50. The Bertz CT molecular complexity index is 1370. The van der Waals surface area contributed by atoms with Gasteiger partial charge in [-0.1, -0.05) is 5.16 Å². The molecular formula is C20H17FN6O3. The van der Waals surface area contributed by atoms with Gasteiger partial charge in [0.05, 0.1) is 5.60 Å². The molecule has 0 N–H and O–H groups in total. The number of rotatable bonds is 2. The second-order valence-electron chi connectivity index (χ2n) is 7.96. The highest BCUT2D eigenvalue weighted by Gasteiger charge is 2.36. The maximum Gasteiger partial charge on any atom is 0.279 e. The summed E-state index contributed by atoms with van der Waals surface area (Å²) < 4.78 is 27.6. The van der Waals surface area contributed by atoms with Gasteiger partial charge in [-0.05, 0) is 38.8 Å². The molecule has 4 aromatic rings. The Labute approximate surface area is 169 Å². The van der Waals surface area contributed by atoms with Gasteiger partial charge in [0.2, 0.25) is 11.5 Å². The van der Waals surface area contributed by atoms with E-state index in [4.69, 9.17) is 9.26 Å². The van der Waals surface area contributed by atoms with Gasteiger partial charge in [0.1, 0.15) is 35.4 Å². The van der Waals surface area contributed by atoms with Crippen molar-refractivity contribution in [1.29, 1.82) is 5.26 Å². The van der Waals surface area contributed by atoms with Crippen LogP contribution in [0.3, 0.4) is 0 Å². The summed E-state index contributed by atoms with van der Waals surface area (Å²) in [4.78, 5) is 8.81. The van der Waals surface area contributed by atoms with Gasteiger partial charge in [-0.3, -0.25) is 4.40 Å². The molecule has 5 rings (SSSR count). The molecular weight excluding hydrogens is 391 g/mol. The van der Waals surface area contributed by atoms with Gasteiger partial charge in [-0.2, -0.15) is 15.0 Å². The van der Waals surface area contributed by atoms with Crippen molar-refractivity contribution < 1.29 is 18.4 Å². The normalized spacial score (nSPS) is 18.3. The quantitative estimate of drug-likeness (QED) is 0.369. The number of hydrogen-bond donors (Lipinski definition) is 0. The summed E-state index contributed by atoms with van der Waals surface area (Å²) in [7, 11) is 0. The second-order valence-corrected chi connectivity index (χ2v) is 7.96. The maximum atomic E-state index is 14.1. The smallest absolute Gasteiger partial charge is 0.279 e. The summed E-state index contributed by atoms with van der Waals surface area (Å²) in [5, 5.41) is 26.3. The number of fused-ring (bicyclic) bond motifs is 3. The van der Waals surface area contributed by atoms with E-state index < -0.39 is 5.82 Å². The number of benzene rings is 1. The van der Waals surface area contributed by atoms with Gasteiger partial charge in [-0.25, -0.2) is 9.37 Å². The first-order valence-electron chi connectivity index (χ1n) is 9.44. The molecule has 1 fully saturated rings. The van der Waals surface area contributed by atoms with Gasteiger partial charge in [0.15, 0.2) is 11.3 Å². The van der Waals surface area contributed by atoms with Crippen molar-refractivity contribution >= 4 is 16.6 Å². The van der Waals surface area contributed by atoms with Crippen molar-refractivity contribution in [3.63, 3.8) is 0 Å². The second kappa shape index (κ2) is 6.21. The lowest BCUT2D eigenvalue weighted by atomic mass is 10.1. The van der Waals surface area contributed by atoms with E-state index in [9.17, 15) is 14.9 Å². The van der Waals surface area contributed by atoms with E-state index >= 15 is 0 Å². The van der Waals surface area contributed by atoms with E-state index in [1.54, 1.807) is 17.4 Å². The van der Waals surface area contributed by atoms with Crippen LogP contribution >= 0.6 is 0 Å². The highest BCUT2D eigenvalue weighted by Crippen LogP contribution is 2.38. The Morgan fingerprint density at radius 1 is 1.40 bits per heavy atom. The first kappa shape index (κ1) is 18.4. The van der Waals surface area contributed by atoms with Crippen molar-refractivity contribution in [2.75, 3.05) is 0 Å². The van der Waals surface area contributed by atoms with Gasteiger partial charge in [-0.15, -0.1) is 0 Å². The van der Waals surface area contributed by atoms with Crippen LogP contribution in [0.2, 0.25) is 0 Å². The molecule has 1 aliphatic rings. The van der Waals surface area contributed by atoms with Crippen LogP contribution in [-0.2, 0) is 4.74 Å². The van der Waals surface area contributed by atoms with E-state index in [0.717, 1.165) is 18.9 Å². The zero-order valence-corrected chi connectivity index (χ0v) is 16.5. The Morgan fingerprint density at radius 3 is 2.90 bits per heavy atom. The Balaban J connectivity index is 1.69. The van der Waals surface area contributed by atoms with E-state index in [2.05, 4.69) is 15.1 Å². The lowest BCUT2D eigenvalue weighted by molar-refractivity contribution is -0.583. The third-order valence-corrected chi connectivity index (χ3v) is 5.50. The molecule has 1 saturated heterocycles. The van der Waals surface area contributed by atoms with Gasteiger partial charge in [0.25, 0.3) is 11.4 Å². The zero-order chi connectivity index (χ0) is 21.2. The number of halogens is 1. The average molecular weight is 408 g/mol. The lowest BCUT2D eigenvalue weighted by Gasteiger charge is -2.17. The number of aromatic nitrogens is 5. The van der Waals surface area contributed by atoms with E-state index in [1.807, 2.05) is 13.8 Å². The minimum Gasteiger partial charge on any atom is -0.618 e. The number of nitrogens with zero attached hydrogens (tertiary/aromatic N) is 6. The standard InChI is InChI=1S/C20H17FN6O3/c1-10-16-15(19-24-18(25-30-19)14-6-7-20(2,3)29-14)23-9-26(16)13-5-4-12(21)11(8-22)17(13)27(10)28/h4-5,9,14H,6-7H2,1-3H3. The monoisotopic (exact) mass is 408 g/mol. The molecule has 0 bridgehead atoms. The zero-order valence-electron chi connectivity index (χ0n) is 16.5. The predicted octanol–water partition coefficient (Wildman–Crippen LogP) is 3.12. The fraction of sp³-hybridized carbons (Fsp3) is 0.350. The van der Waals surface area contributed by atoms with Crippen LogP contribution < -0.4 is 4.73 Å². The number of imidazole rings is 1. The molecule has 152 valence electrons. The number of nitriles is 1. The largest absolute Gasteiger partial charge is 0.618 e. The highest BCUT2D eigenvalue weighted by molar-refractivity contribution is 5.85. The average Bonchev–Trinajstić information content (AvgIpc) is 3.43. The van der Waals surface area contributed by atoms with Crippen LogP contribution in [0, 0.1) is 29.3 Å². The first-order valence-corrected chi connectivity index (χ1v) is 9.44. The molecule has 1 atom stereocenters. The fourth-order valence-corrected chi connectivity index (χ4v) is 3.98. The van der Waals surface area contributed by atoms with Crippen LogP contribution in [-0.4, -0.2) is 25.1 Å². The molecule has 0 spiro atoms. The summed E-state index contributed by atoms with van der Waals surface area (Å²) in [6.45, 7) is 5.59. The number of aryl methyl sites for hydroxylation is 1. The molecule has 0 saturated carbocycles. The van der Waals surface area contributed by atoms with Crippen LogP contribution in [0.1, 0.15) is 49.9 Å². The van der Waals surface area contributed by atoms with Gasteiger partial charge < -0.3 is 14.5 Å². The molecule has 0 aliphatic carbocycles. The Kier molecular flexibility index (Phi) is 3.82. The molecule has 1 aliphatic heterocycles. The first-order chi connectivity index (χ1) is 14.3. The SMILES string of the molecule is Cc1c2c(-c3nc(C4CCC(C)(C)O4)no3)ncn2c2ccc(F)c(C#N)c2[n+]1[O-]. The molecule has 3 aromatic heterocycles. The minimum absolute atomic E-state index is 0.0562. The van der Waals surface area contributed by atoms with Crippen LogP contribution in [0.15, 0.2) is 23.0 Å². The van der Waals surface area contributed by atoms with Crippen molar-refractivity contribution in [1.82, 2.24) is 19.5 Å². The van der Waals surface area contributed by atoms with Crippen LogP contribution in [0.25, 0.3) is 28.1 Å². The summed E-state index contributed by atoms with van der Waals surface area (Å²) in [5.41, 5.74) is 0.735. The van der Waals surface area contributed by atoms with E-state index in [0.29, 0.717) is 27.3 Å². The van der Waals surface area contributed by atoms with E-state index in [-0.39, 0.29) is 34.4 Å². The van der Waals surface area contributed by atoms with Gasteiger partial charge in [0, 0.05) is 6.92 Å². The molecule has 1 aromatic carbocycles. The topological polar surface area (TPSA) is 116 Å². The van der Waals surface area contributed by atoms with Crippen LogP contribution in [0.4, 0.5) is 4.39 Å². The Hall–Kier alpha value is -3.58. The molecule has 9 nitrogen and oxygen atoms in total. The molecule has 0 radical (unpaired) electrons. The molecule has 4 heterocycles. The van der Waals surface area contributed by atoms with Crippen LogP contribution in [0.5, 0.6) is 0 Å². The van der Waals surface area contributed by atoms with Crippen molar-refractivity contribution in [2.24, 2.45) is 0 Å². The molecule has 0 amide bonds. The van der Waals surface area contributed by atoms with Crippen molar-refractivity contribution in [2.45, 2.75) is 45.3 Å². The molecule has 1 unspecified atom stereocenters. The van der Waals surface area contributed by atoms with E-state index in [1.165, 1.54) is 12.4 Å². The summed E-state index contributed by atoms with van der Waals surface area (Å²) in [6.07, 6.45) is 2.88. The Morgan fingerprint density at radius 2 is 2.20 bits per heavy atom. The predicted molar refractivity (Wildman–Crippen MR) is 101 cm³/mol. The molecule has 10 heteroatoms. The minimum atomic E-state index is -0.755. The number of ether oxygens (including phenoxy) is 1. The maximum absolute atomic E-state index is 14.1. The summed E-state index contributed by atoms with van der Waals surface area (Å²) >= 11 is 0. The fourth-order valence-electron chi connectivity index (χ4n) is 3.98. The highest BCUT2D eigenvalue weighted by atomic mass is 19.1. The van der Waals surface area contributed by atoms with Crippen molar-refractivity contribution in [3.05, 3.63) is 46.6 Å².